The van der Waals surface area contributed by atoms with Gasteiger partial charge in [0.2, 0.25) is 11.8 Å². The first kappa shape index (κ1) is 19.4. The predicted octanol–water partition coefficient (Wildman–Crippen LogP) is 2.00. The van der Waals surface area contributed by atoms with Gasteiger partial charge in [-0.15, -0.1) is 0 Å². The number of nitrogens with one attached hydrogen (secondary N) is 2. The molecule has 7 nitrogen and oxygen atoms in total. The number of carbonyl (C=O) groups is 2. The van der Waals surface area contributed by atoms with Gasteiger partial charge >= 0.3 is 0 Å². The molecular weight excluding hydrogens is 364 g/mol. The Labute approximate surface area is 162 Å². The van der Waals surface area contributed by atoms with Crippen molar-refractivity contribution in [1.29, 1.82) is 0 Å². The molecule has 8 heteroatoms. The molecule has 3 rings (SSSR count). The van der Waals surface area contributed by atoms with Crippen LogP contribution in [0, 0.1) is 13.8 Å². The topological polar surface area (TPSA) is 96.2 Å². The van der Waals surface area contributed by atoms with Crippen LogP contribution in [0.5, 0.6) is 0 Å². The number of benzene rings is 1. The number of aromatic nitrogens is 2. The summed E-state index contributed by atoms with van der Waals surface area (Å²) in [5, 5.41) is 15.9. The quantitative estimate of drug-likeness (QED) is 0.601. The Morgan fingerprint density at radius 3 is 2.78 bits per heavy atom. The minimum Gasteiger partial charge on any atom is -0.390 e. The molecule has 27 heavy (non-hydrogen) atoms. The number of imidazole rings is 1. The van der Waals surface area contributed by atoms with E-state index in [1.165, 1.54) is 18.0 Å². The minimum atomic E-state index is -0.209. The predicted molar refractivity (Wildman–Crippen MR) is 105 cm³/mol. The SMILES string of the molecule is Cc1ccc(C)c(NC(=O)CSc2ncc(CO)n2CC(=O)NC2CC2)c1. The Balaban J connectivity index is 1.61. The molecule has 1 aromatic carbocycles. The summed E-state index contributed by atoms with van der Waals surface area (Å²) in [6.45, 7) is 3.80. The summed E-state index contributed by atoms with van der Waals surface area (Å²) in [6, 6.07) is 6.18. The molecule has 2 aromatic rings. The number of aliphatic hydroxyl groups is 1. The van der Waals surface area contributed by atoms with Crippen LogP contribution in [0.15, 0.2) is 29.6 Å². The molecule has 0 radical (unpaired) electrons. The summed E-state index contributed by atoms with van der Waals surface area (Å²) >= 11 is 1.25. The fraction of sp³-hybridized carbons (Fsp3) is 0.421. The lowest BCUT2D eigenvalue weighted by molar-refractivity contribution is -0.122. The van der Waals surface area contributed by atoms with E-state index < -0.39 is 0 Å². The van der Waals surface area contributed by atoms with E-state index >= 15 is 0 Å². The molecule has 144 valence electrons. The standard InChI is InChI=1S/C19H24N4O3S/c1-12-3-4-13(2)16(7-12)22-18(26)11-27-19-20-8-15(10-24)23(19)9-17(25)21-14-5-6-14/h3-4,7-8,14,24H,5-6,9-11H2,1-2H3,(H,21,25)(H,22,26). The lowest BCUT2D eigenvalue weighted by Crippen LogP contribution is -2.30. The molecule has 1 aromatic heterocycles. The molecule has 0 aliphatic heterocycles. The van der Waals surface area contributed by atoms with E-state index in [1.807, 2.05) is 32.0 Å². The molecule has 0 bridgehead atoms. The Morgan fingerprint density at radius 2 is 2.07 bits per heavy atom. The van der Waals surface area contributed by atoms with Gasteiger partial charge in [0.25, 0.3) is 0 Å². The van der Waals surface area contributed by atoms with Crippen LogP contribution in [-0.4, -0.2) is 38.3 Å². The number of aliphatic hydroxyl groups excluding tert-OH is 1. The second kappa shape index (κ2) is 8.58. The maximum Gasteiger partial charge on any atom is 0.240 e. The van der Waals surface area contributed by atoms with Crippen LogP contribution < -0.4 is 10.6 Å². The normalized spacial score (nSPS) is 13.4. The van der Waals surface area contributed by atoms with E-state index in [0.29, 0.717) is 10.9 Å². The fourth-order valence-corrected chi connectivity index (χ4v) is 3.43. The van der Waals surface area contributed by atoms with Crippen LogP contribution >= 0.6 is 11.8 Å². The number of aryl methyl sites for hydroxylation is 2. The Morgan fingerprint density at radius 1 is 1.30 bits per heavy atom. The minimum absolute atomic E-state index is 0.0906. The molecule has 1 aliphatic carbocycles. The second-order valence-corrected chi connectivity index (χ2v) is 7.72. The largest absolute Gasteiger partial charge is 0.390 e. The Bertz CT molecular complexity index is 845. The zero-order valence-electron chi connectivity index (χ0n) is 15.5. The number of amides is 2. The van der Waals surface area contributed by atoms with Crippen LogP contribution in [0.1, 0.15) is 29.7 Å². The number of thioether (sulfide) groups is 1. The summed E-state index contributed by atoms with van der Waals surface area (Å²) in [6.07, 6.45) is 3.57. The zero-order chi connectivity index (χ0) is 19.4. The van der Waals surface area contributed by atoms with Gasteiger partial charge in [-0.2, -0.15) is 0 Å². The van der Waals surface area contributed by atoms with Crippen LogP contribution in [0.4, 0.5) is 5.69 Å². The average molecular weight is 388 g/mol. The van der Waals surface area contributed by atoms with E-state index in [2.05, 4.69) is 15.6 Å². The fourth-order valence-electron chi connectivity index (χ4n) is 2.63. The van der Waals surface area contributed by atoms with Gasteiger partial charge in [0, 0.05) is 11.7 Å². The number of rotatable bonds is 8. The molecule has 1 saturated carbocycles. The number of nitrogens with zero attached hydrogens (tertiary/aromatic N) is 2. The average Bonchev–Trinajstić information content (AvgIpc) is 3.35. The maximum absolute atomic E-state index is 12.3. The van der Waals surface area contributed by atoms with Gasteiger partial charge in [-0.25, -0.2) is 4.98 Å². The van der Waals surface area contributed by atoms with Crippen LogP contribution in [-0.2, 0) is 22.7 Å². The molecule has 0 atom stereocenters. The van der Waals surface area contributed by atoms with Crippen LogP contribution in [0.3, 0.4) is 0 Å². The highest BCUT2D eigenvalue weighted by Gasteiger charge is 2.24. The van der Waals surface area contributed by atoms with Crippen LogP contribution in [0.25, 0.3) is 0 Å². The first-order chi connectivity index (χ1) is 13.0. The van der Waals surface area contributed by atoms with Gasteiger partial charge in [0.05, 0.1) is 24.3 Å². The van der Waals surface area contributed by atoms with Crippen molar-refractivity contribution in [3.8, 4) is 0 Å². The molecule has 0 saturated heterocycles. The molecule has 3 N–H and O–H groups in total. The third-order valence-corrected chi connectivity index (χ3v) is 5.30. The third kappa shape index (κ3) is 5.33. The summed E-state index contributed by atoms with van der Waals surface area (Å²) < 4.78 is 1.66. The van der Waals surface area contributed by atoms with Gasteiger partial charge in [0.1, 0.15) is 6.54 Å². The first-order valence-electron chi connectivity index (χ1n) is 8.91. The van der Waals surface area contributed by atoms with Crippen molar-refractivity contribution >= 4 is 29.3 Å². The van der Waals surface area contributed by atoms with E-state index in [9.17, 15) is 14.7 Å². The smallest absolute Gasteiger partial charge is 0.240 e. The van der Waals surface area contributed by atoms with Gasteiger partial charge in [-0.3, -0.25) is 9.59 Å². The van der Waals surface area contributed by atoms with E-state index in [4.69, 9.17) is 0 Å². The number of anilines is 1. The zero-order valence-corrected chi connectivity index (χ0v) is 16.3. The first-order valence-corrected chi connectivity index (χ1v) is 9.89. The second-order valence-electron chi connectivity index (χ2n) is 6.77. The van der Waals surface area contributed by atoms with Crippen molar-refractivity contribution in [1.82, 2.24) is 14.9 Å². The summed E-state index contributed by atoms with van der Waals surface area (Å²) in [4.78, 5) is 28.7. The van der Waals surface area contributed by atoms with Crippen molar-refractivity contribution in [3.05, 3.63) is 41.2 Å². The van der Waals surface area contributed by atoms with Gasteiger partial charge in [-0.1, -0.05) is 23.9 Å². The Kier molecular flexibility index (Phi) is 6.18. The molecule has 1 aliphatic rings. The molecule has 2 amide bonds. The summed E-state index contributed by atoms with van der Waals surface area (Å²) in [7, 11) is 0. The van der Waals surface area contributed by atoms with Gasteiger partial charge in [-0.05, 0) is 43.9 Å². The van der Waals surface area contributed by atoms with Gasteiger partial charge in [0.15, 0.2) is 5.16 Å². The van der Waals surface area contributed by atoms with Crippen molar-refractivity contribution in [2.75, 3.05) is 11.1 Å². The third-order valence-electron chi connectivity index (χ3n) is 4.31. The summed E-state index contributed by atoms with van der Waals surface area (Å²) in [5.41, 5.74) is 3.43. The maximum atomic E-state index is 12.3. The number of carbonyl (C=O) groups excluding carboxylic acids is 2. The van der Waals surface area contributed by atoms with Gasteiger partial charge < -0.3 is 20.3 Å². The molecule has 1 fully saturated rings. The van der Waals surface area contributed by atoms with Crippen molar-refractivity contribution in [2.24, 2.45) is 0 Å². The highest BCUT2D eigenvalue weighted by molar-refractivity contribution is 7.99. The highest BCUT2D eigenvalue weighted by atomic mass is 32.2. The molecule has 0 unspecified atom stereocenters. The van der Waals surface area contributed by atoms with E-state index in [1.54, 1.807) is 4.57 Å². The number of hydrogen-bond acceptors (Lipinski definition) is 5. The summed E-state index contributed by atoms with van der Waals surface area (Å²) in [5.74, 6) is -0.0809. The molecular formula is C19H24N4O3S. The number of hydrogen-bond donors (Lipinski definition) is 3. The highest BCUT2D eigenvalue weighted by Crippen LogP contribution is 2.22. The lowest BCUT2D eigenvalue weighted by Gasteiger charge is -2.11. The molecule has 1 heterocycles. The van der Waals surface area contributed by atoms with Crippen molar-refractivity contribution < 1.29 is 14.7 Å². The lowest BCUT2D eigenvalue weighted by atomic mass is 10.1. The Hall–Kier alpha value is -2.32. The van der Waals surface area contributed by atoms with E-state index in [0.717, 1.165) is 29.7 Å². The van der Waals surface area contributed by atoms with Crippen molar-refractivity contribution in [3.63, 3.8) is 0 Å². The van der Waals surface area contributed by atoms with Crippen molar-refractivity contribution in [2.45, 2.75) is 51.0 Å². The van der Waals surface area contributed by atoms with Crippen LogP contribution in [0.2, 0.25) is 0 Å². The molecule has 0 spiro atoms. The van der Waals surface area contributed by atoms with E-state index in [-0.39, 0.29) is 36.8 Å². The monoisotopic (exact) mass is 388 g/mol.